The van der Waals surface area contributed by atoms with Crippen LogP contribution in [-0.4, -0.2) is 24.5 Å². The Balaban J connectivity index is 1.90. The topological polar surface area (TPSA) is 3.24 Å². The fourth-order valence-electron chi connectivity index (χ4n) is 5.17. The zero-order valence-corrected chi connectivity index (χ0v) is 12.4. The molecule has 19 heavy (non-hydrogen) atoms. The van der Waals surface area contributed by atoms with Crippen molar-refractivity contribution in [3.05, 3.63) is 34.3 Å². The summed E-state index contributed by atoms with van der Waals surface area (Å²) in [5.41, 5.74) is 3.63. The maximum atomic E-state index is 6.30. The van der Waals surface area contributed by atoms with Crippen molar-refractivity contribution in [1.29, 1.82) is 0 Å². The van der Waals surface area contributed by atoms with E-state index in [1.54, 1.807) is 11.1 Å². The van der Waals surface area contributed by atoms with Crippen LogP contribution in [-0.2, 0) is 11.8 Å². The van der Waals surface area contributed by atoms with Crippen LogP contribution >= 0.6 is 11.6 Å². The molecule has 102 valence electrons. The number of hydrogen-bond donors (Lipinski definition) is 0. The molecule has 0 unspecified atom stereocenters. The zero-order chi connectivity index (χ0) is 13.0. The van der Waals surface area contributed by atoms with Crippen molar-refractivity contribution in [2.75, 3.05) is 13.6 Å². The van der Waals surface area contributed by atoms with Crippen LogP contribution in [0.1, 0.15) is 43.2 Å². The van der Waals surface area contributed by atoms with E-state index in [1.165, 1.54) is 45.1 Å². The Morgan fingerprint density at radius 1 is 1.26 bits per heavy atom. The number of halogens is 1. The monoisotopic (exact) mass is 275 g/mol. The molecule has 3 atom stereocenters. The Morgan fingerprint density at radius 2 is 2.16 bits per heavy atom. The lowest BCUT2D eigenvalue weighted by Crippen LogP contribution is -2.59. The molecule has 1 saturated heterocycles. The predicted molar refractivity (Wildman–Crippen MR) is 79.8 cm³/mol. The standard InChI is InChI=1S/C17H22ClN/c1-19-9-8-17-7-3-2-4-14(17)16(19)10-12-5-6-13(18)11-15(12)17/h5-6,11,14,16H,2-4,7-10H2,1H3/t14-,16+,17+/m1/s1. The summed E-state index contributed by atoms with van der Waals surface area (Å²) in [5.74, 6) is 0.867. The van der Waals surface area contributed by atoms with Gasteiger partial charge in [0, 0.05) is 16.5 Å². The number of piperidine rings is 1. The molecule has 4 rings (SSSR count). The summed E-state index contributed by atoms with van der Waals surface area (Å²) in [4.78, 5) is 2.62. The first-order valence-corrected chi connectivity index (χ1v) is 8.08. The van der Waals surface area contributed by atoms with Gasteiger partial charge in [-0.25, -0.2) is 0 Å². The Morgan fingerprint density at radius 3 is 3.05 bits per heavy atom. The van der Waals surface area contributed by atoms with Crippen molar-refractivity contribution in [3.63, 3.8) is 0 Å². The number of fused-ring (bicyclic) bond motifs is 1. The van der Waals surface area contributed by atoms with E-state index in [0.29, 0.717) is 5.41 Å². The molecule has 1 aliphatic heterocycles. The lowest BCUT2D eigenvalue weighted by molar-refractivity contribution is 0.00287. The van der Waals surface area contributed by atoms with Gasteiger partial charge in [0.2, 0.25) is 0 Å². The fraction of sp³-hybridized carbons (Fsp3) is 0.647. The van der Waals surface area contributed by atoms with Gasteiger partial charge in [-0.3, -0.25) is 0 Å². The Kier molecular flexibility index (Phi) is 2.72. The lowest BCUT2D eigenvalue weighted by Gasteiger charge is -2.58. The number of benzene rings is 1. The Bertz CT molecular complexity index is 512. The highest BCUT2D eigenvalue weighted by Crippen LogP contribution is 2.55. The van der Waals surface area contributed by atoms with Gasteiger partial charge < -0.3 is 4.90 Å². The summed E-state index contributed by atoms with van der Waals surface area (Å²) in [6.45, 7) is 1.26. The van der Waals surface area contributed by atoms with Gasteiger partial charge in [-0.05, 0) is 68.5 Å². The third kappa shape index (κ3) is 1.64. The van der Waals surface area contributed by atoms with Gasteiger partial charge in [-0.1, -0.05) is 30.5 Å². The molecule has 1 saturated carbocycles. The zero-order valence-electron chi connectivity index (χ0n) is 11.7. The first kappa shape index (κ1) is 12.2. The van der Waals surface area contributed by atoms with Crippen LogP contribution < -0.4 is 0 Å². The van der Waals surface area contributed by atoms with Gasteiger partial charge in [-0.15, -0.1) is 0 Å². The van der Waals surface area contributed by atoms with Gasteiger partial charge in [0.25, 0.3) is 0 Å². The average Bonchev–Trinajstić information content (AvgIpc) is 2.43. The summed E-state index contributed by atoms with van der Waals surface area (Å²) in [6, 6.07) is 7.42. The van der Waals surface area contributed by atoms with E-state index in [-0.39, 0.29) is 0 Å². The molecule has 1 aromatic rings. The van der Waals surface area contributed by atoms with E-state index in [0.717, 1.165) is 17.0 Å². The maximum absolute atomic E-state index is 6.30. The highest BCUT2D eigenvalue weighted by Gasteiger charge is 2.52. The fourth-order valence-corrected chi connectivity index (χ4v) is 5.34. The lowest BCUT2D eigenvalue weighted by atomic mass is 9.52. The third-order valence-electron chi connectivity index (χ3n) is 6.08. The van der Waals surface area contributed by atoms with Crippen molar-refractivity contribution in [2.45, 2.75) is 50.0 Å². The average molecular weight is 276 g/mol. The minimum Gasteiger partial charge on any atom is -0.303 e. The van der Waals surface area contributed by atoms with Crippen molar-refractivity contribution in [1.82, 2.24) is 4.90 Å². The highest BCUT2D eigenvalue weighted by molar-refractivity contribution is 6.30. The quantitative estimate of drug-likeness (QED) is 0.691. The van der Waals surface area contributed by atoms with E-state index < -0.39 is 0 Å². The Hall–Kier alpha value is -0.530. The van der Waals surface area contributed by atoms with Crippen LogP contribution in [0.15, 0.2) is 18.2 Å². The SMILES string of the molecule is CN1CC[C@@]23CCCC[C@@H]2[C@@H]1Cc1ccc(Cl)cc13. The van der Waals surface area contributed by atoms with Crippen LogP contribution in [0.2, 0.25) is 5.02 Å². The van der Waals surface area contributed by atoms with Crippen molar-refractivity contribution < 1.29 is 0 Å². The molecule has 2 heteroatoms. The number of rotatable bonds is 0. The van der Waals surface area contributed by atoms with E-state index in [2.05, 4.69) is 30.1 Å². The first-order valence-electron chi connectivity index (χ1n) is 7.70. The molecule has 1 heterocycles. The van der Waals surface area contributed by atoms with E-state index in [9.17, 15) is 0 Å². The molecule has 2 fully saturated rings. The molecule has 0 aromatic heterocycles. The highest BCUT2D eigenvalue weighted by atomic mass is 35.5. The molecular formula is C17H22ClN. The summed E-state index contributed by atoms with van der Waals surface area (Å²) < 4.78 is 0. The number of likely N-dealkylation sites (N-methyl/N-ethyl adjacent to an activating group) is 1. The van der Waals surface area contributed by atoms with E-state index in [4.69, 9.17) is 11.6 Å². The van der Waals surface area contributed by atoms with Crippen LogP contribution in [0.25, 0.3) is 0 Å². The second kappa shape index (κ2) is 4.23. The molecule has 0 spiro atoms. The molecule has 3 aliphatic rings. The van der Waals surface area contributed by atoms with E-state index in [1.807, 2.05) is 0 Å². The second-order valence-electron chi connectivity index (χ2n) is 6.81. The van der Waals surface area contributed by atoms with Gasteiger partial charge >= 0.3 is 0 Å². The number of hydrogen-bond acceptors (Lipinski definition) is 1. The minimum atomic E-state index is 0.452. The summed E-state index contributed by atoms with van der Waals surface area (Å²) in [5, 5.41) is 0.926. The van der Waals surface area contributed by atoms with Gasteiger partial charge in [0.15, 0.2) is 0 Å². The maximum Gasteiger partial charge on any atom is 0.0409 e. The van der Waals surface area contributed by atoms with E-state index >= 15 is 0 Å². The molecule has 0 N–H and O–H groups in total. The molecule has 1 nitrogen and oxygen atoms in total. The molecule has 0 amide bonds. The largest absolute Gasteiger partial charge is 0.303 e. The second-order valence-corrected chi connectivity index (χ2v) is 7.25. The smallest absolute Gasteiger partial charge is 0.0409 e. The third-order valence-corrected chi connectivity index (χ3v) is 6.31. The van der Waals surface area contributed by atoms with Gasteiger partial charge in [-0.2, -0.15) is 0 Å². The molecule has 2 aliphatic carbocycles. The van der Waals surface area contributed by atoms with Gasteiger partial charge in [0.1, 0.15) is 0 Å². The van der Waals surface area contributed by atoms with Crippen LogP contribution in [0.3, 0.4) is 0 Å². The van der Waals surface area contributed by atoms with Crippen molar-refractivity contribution in [2.24, 2.45) is 5.92 Å². The normalized spacial score (nSPS) is 37.6. The van der Waals surface area contributed by atoms with Crippen LogP contribution in [0.5, 0.6) is 0 Å². The first-order chi connectivity index (χ1) is 9.21. The minimum absolute atomic E-state index is 0.452. The van der Waals surface area contributed by atoms with Crippen molar-refractivity contribution >= 4 is 11.6 Å². The predicted octanol–water partition coefficient (Wildman–Crippen LogP) is 4.03. The van der Waals surface area contributed by atoms with Crippen LogP contribution in [0, 0.1) is 5.92 Å². The Labute approximate surface area is 120 Å². The molecular weight excluding hydrogens is 254 g/mol. The molecule has 1 aromatic carbocycles. The van der Waals surface area contributed by atoms with Crippen LogP contribution in [0.4, 0.5) is 0 Å². The number of likely N-dealkylation sites (tertiary alicyclic amines) is 1. The molecule has 0 radical (unpaired) electrons. The van der Waals surface area contributed by atoms with Crippen molar-refractivity contribution in [3.8, 4) is 0 Å². The molecule has 2 bridgehead atoms. The summed E-state index contributed by atoms with van der Waals surface area (Å²) >= 11 is 6.30. The summed E-state index contributed by atoms with van der Waals surface area (Å²) in [7, 11) is 2.32. The van der Waals surface area contributed by atoms with Gasteiger partial charge in [0.05, 0.1) is 0 Å². The summed E-state index contributed by atoms with van der Waals surface area (Å²) in [6.07, 6.45) is 8.19. The number of nitrogens with zero attached hydrogens (tertiary/aromatic N) is 1.